The van der Waals surface area contributed by atoms with Crippen molar-refractivity contribution in [3.05, 3.63) is 24.3 Å². The predicted molar refractivity (Wildman–Crippen MR) is 133 cm³/mol. The molecule has 0 atom stereocenters. The van der Waals surface area contributed by atoms with Gasteiger partial charge in [0.25, 0.3) is 0 Å². The van der Waals surface area contributed by atoms with Crippen LogP contribution in [-0.2, 0) is 14.8 Å². The minimum Gasteiger partial charge on any atom is -0.326 e. The summed E-state index contributed by atoms with van der Waals surface area (Å²) in [7, 11) is -3.28. The third-order valence-corrected chi connectivity index (χ3v) is 6.09. The SMILES string of the molecule is CCCCCCCCCCCCCCCCCC(=O)Nc1ccc(NS(C)(=O)=O)cc1. The first-order chi connectivity index (χ1) is 14.9. The number of amides is 1. The Balaban J connectivity index is 1.93. The fourth-order valence-electron chi connectivity index (χ4n) is 3.72. The molecular formula is C25H44N2O3S. The second-order valence-electron chi connectivity index (χ2n) is 8.70. The second-order valence-corrected chi connectivity index (χ2v) is 10.4. The molecule has 1 aromatic carbocycles. The molecule has 31 heavy (non-hydrogen) atoms. The molecule has 0 unspecified atom stereocenters. The number of nitrogens with one attached hydrogen (secondary N) is 2. The van der Waals surface area contributed by atoms with Gasteiger partial charge in [-0.1, -0.05) is 96.8 Å². The molecule has 0 aromatic heterocycles. The summed E-state index contributed by atoms with van der Waals surface area (Å²) in [5.74, 6) is 0.0125. The average molecular weight is 453 g/mol. The van der Waals surface area contributed by atoms with Crippen molar-refractivity contribution in [3.63, 3.8) is 0 Å². The molecular weight excluding hydrogens is 408 g/mol. The van der Waals surface area contributed by atoms with E-state index in [9.17, 15) is 13.2 Å². The molecule has 1 amide bonds. The summed E-state index contributed by atoms with van der Waals surface area (Å²) in [6.45, 7) is 2.27. The van der Waals surface area contributed by atoms with Crippen molar-refractivity contribution in [3.8, 4) is 0 Å². The van der Waals surface area contributed by atoms with Gasteiger partial charge in [0.2, 0.25) is 15.9 Å². The van der Waals surface area contributed by atoms with Crippen LogP contribution in [0, 0.1) is 0 Å². The zero-order valence-corrected chi connectivity index (χ0v) is 20.6. The average Bonchev–Trinajstić information content (AvgIpc) is 2.71. The van der Waals surface area contributed by atoms with Gasteiger partial charge in [0.15, 0.2) is 0 Å². The Labute approximate surface area is 190 Å². The minimum atomic E-state index is -3.28. The molecule has 1 aromatic rings. The van der Waals surface area contributed by atoms with Crippen LogP contribution in [0.4, 0.5) is 11.4 Å². The highest BCUT2D eigenvalue weighted by atomic mass is 32.2. The van der Waals surface area contributed by atoms with Crippen LogP contribution < -0.4 is 10.0 Å². The van der Waals surface area contributed by atoms with Gasteiger partial charge < -0.3 is 5.32 Å². The maximum atomic E-state index is 12.0. The highest BCUT2D eigenvalue weighted by Gasteiger charge is 2.04. The molecule has 5 nitrogen and oxygen atoms in total. The van der Waals surface area contributed by atoms with Crippen molar-refractivity contribution in [1.29, 1.82) is 0 Å². The lowest BCUT2D eigenvalue weighted by atomic mass is 10.0. The van der Waals surface area contributed by atoms with E-state index in [4.69, 9.17) is 0 Å². The van der Waals surface area contributed by atoms with Crippen LogP contribution in [0.25, 0.3) is 0 Å². The van der Waals surface area contributed by atoms with E-state index in [2.05, 4.69) is 17.0 Å². The van der Waals surface area contributed by atoms with E-state index in [1.807, 2.05) is 0 Å². The van der Waals surface area contributed by atoms with Crippen LogP contribution in [-0.4, -0.2) is 20.6 Å². The number of hydrogen-bond acceptors (Lipinski definition) is 3. The third-order valence-electron chi connectivity index (χ3n) is 5.48. The standard InChI is InChI=1S/C25H44N2O3S/c1-3-4-5-6-7-8-9-10-11-12-13-14-15-16-17-18-25(28)26-23-19-21-24(22-20-23)27-31(2,29)30/h19-22,27H,3-18H2,1-2H3,(H,26,28). The smallest absolute Gasteiger partial charge is 0.229 e. The summed E-state index contributed by atoms with van der Waals surface area (Å²) < 4.78 is 24.8. The summed E-state index contributed by atoms with van der Waals surface area (Å²) in [5, 5.41) is 2.87. The van der Waals surface area contributed by atoms with Gasteiger partial charge in [0, 0.05) is 17.8 Å². The highest BCUT2D eigenvalue weighted by molar-refractivity contribution is 7.92. The number of carbonyl (C=O) groups excluding carboxylic acids is 1. The molecule has 178 valence electrons. The van der Waals surface area contributed by atoms with Crippen molar-refractivity contribution >= 4 is 27.3 Å². The number of sulfonamides is 1. The van der Waals surface area contributed by atoms with Crippen molar-refractivity contribution in [1.82, 2.24) is 0 Å². The van der Waals surface area contributed by atoms with Gasteiger partial charge in [-0.15, -0.1) is 0 Å². The van der Waals surface area contributed by atoms with E-state index in [0.717, 1.165) is 19.1 Å². The molecule has 0 aliphatic heterocycles. The Morgan fingerprint density at radius 1 is 0.677 bits per heavy atom. The van der Waals surface area contributed by atoms with Gasteiger partial charge in [-0.2, -0.15) is 0 Å². The van der Waals surface area contributed by atoms with Crippen LogP contribution in [0.1, 0.15) is 110 Å². The molecule has 0 fully saturated rings. The normalized spacial score (nSPS) is 11.4. The number of benzene rings is 1. The lowest BCUT2D eigenvalue weighted by molar-refractivity contribution is -0.116. The third kappa shape index (κ3) is 16.8. The molecule has 0 aliphatic carbocycles. The monoisotopic (exact) mass is 452 g/mol. The molecule has 2 N–H and O–H groups in total. The first-order valence-electron chi connectivity index (χ1n) is 12.3. The summed E-state index contributed by atoms with van der Waals surface area (Å²) in [4.78, 5) is 12.0. The van der Waals surface area contributed by atoms with E-state index in [-0.39, 0.29) is 5.91 Å². The quantitative estimate of drug-likeness (QED) is 0.217. The summed E-state index contributed by atoms with van der Waals surface area (Å²) in [6, 6.07) is 6.70. The van der Waals surface area contributed by atoms with E-state index >= 15 is 0 Å². The predicted octanol–water partition coefficient (Wildman–Crippen LogP) is 7.26. The molecule has 0 saturated carbocycles. The van der Waals surface area contributed by atoms with Crippen molar-refractivity contribution < 1.29 is 13.2 Å². The number of anilines is 2. The molecule has 6 heteroatoms. The fraction of sp³-hybridized carbons (Fsp3) is 0.720. The molecule has 1 rings (SSSR count). The molecule has 0 saturated heterocycles. The van der Waals surface area contributed by atoms with Crippen LogP contribution in [0.15, 0.2) is 24.3 Å². The number of rotatable bonds is 19. The lowest BCUT2D eigenvalue weighted by Crippen LogP contribution is -2.12. The Morgan fingerprint density at radius 3 is 1.48 bits per heavy atom. The molecule has 0 spiro atoms. The molecule has 0 radical (unpaired) electrons. The van der Waals surface area contributed by atoms with Gasteiger partial charge in [-0.05, 0) is 30.7 Å². The highest BCUT2D eigenvalue weighted by Crippen LogP contribution is 2.16. The molecule has 0 heterocycles. The van der Waals surface area contributed by atoms with E-state index in [1.165, 1.54) is 83.5 Å². The van der Waals surface area contributed by atoms with Gasteiger partial charge in [0.05, 0.1) is 6.26 Å². The zero-order chi connectivity index (χ0) is 22.8. The molecule has 0 bridgehead atoms. The second kappa shape index (κ2) is 17.0. The van der Waals surface area contributed by atoms with Crippen LogP contribution in [0.3, 0.4) is 0 Å². The first-order valence-corrected chi connectivity index (χ1v) is 14.2. The number of unbranched alkanes of at least 4 members (excludes halogenated alkanes) is 14. The van der Waals surface area contributed by atoms with E-state index in [0.29, 0.717) is 17.8 Å². The van der Waals surface area contributed by atoms with Gasteiger partial charge >= 0.3 is 0 Å². The fourth-order valence-corrected chi connectivity index (χ4v) is 4.28. The summed E-state index contributed by atoms with van der Waals surface area (Å²) >= 11 is 0. The van der Waals surface area contributed by atoms with Crippen molar-refractivity contribution in [2.75, 3.05) is 16.3 Å². The lowest BCUT2D eigenvalue weighted by Gasteiger charge is -2.07. The van der Waals surface area contributed by atoms with Crippen LogP contribution in [0.2, 0.25) is 0 Å². The van der Waals surface area contributed by atoms with Gasteiger partial charge in [-0.3, -0.25) is 9.52 Å². The Morgan fingerprint density at radius 2 is 1.06 bits per heavy atom. The zero-order valence-electron chi connectivity index (χ0n) is 19.8. The van der Waals surface area contributed by atoms with E-state index < -0.39 is 10.0 Å². The molecule has 0 aliphatic rings. The summed E-state index contributed by atoms with van der Waals surface area (Å²) in [6.07, 6.45) is 21.3. The topological polar surface area (TPSA) is 75.3 Å². The van der Waals surface area contributed by atoms with Gasteiger partial charge in [0.1, 0.15) is 0 Å². The van der Waals surface area contributed by atoms with Gasteiger partial charge in [-0.25, -0.2) is 8.42 Å². The Kier molecular flexibility index (Phi) is 15.1. The number of hydrogen-bond donors (Lipinski definition) is 2. The minimum absolute atomic E-state index is 0.0125. The van der Waals surface area contributed by atoms with E-state index in [1.54, 1.807) is 24.3 Å². The Bertz CT molecular complexity index is 687. The van der Waals surface area contributed by atoms with Crippen molar-refractivity contribution in [2.45, 2.75) is 110 Å². The maximum absolute atomic E-state index is 12.0. The van der Waals surface area contributed by atoms with Crippen LogP contribution in [0.5, 0.6) is 0 Å². The first kappa shape index (κ1) is 27.5. The summed E-state index contributed by atoms with van der Waals surface area (Å²) in [5.41, 5.74) is 1.17. The number of carbonyl (C=O) groups is 1. The Hall–Kier alpha value is -1.56. The van der Waals surface area contributed by atoms with Crippen LogP contribution >= 0.6 is 0 Å². The maximum Gasteiger partial charge on any atom is 0.229 e. The van der Waals surface area contributed by atoms with Crippen molar-refractivity contribution in [2.24, 2.45) is 0 Å². The largest absolute Gasteiger partial charge is 0.326 e.